The summed E-state index contributed by atoms with van der Waals surface area (Å²) in [7, 11) is 1.22. The third kappa shape index (κ3) is 11.5. The van der Waals surface area contributed by atoms with Gasteiger partial charge in [-0.3, -0.25) is 4.79 Å². The molecule has 26 nitrogen and oxygen atoms in total. The van der Waals surface area contributed by atoms with Gasteiger partial charge in [0, 0.05) is 23.8 Å². The van der Waals surface area contributed by atoms with Gasteiger partial charge < -0.3 is 118 Å². The van der Waals surface area contributed by atoms with Crippen LogP contribution in [-0.2, 0) is 38.0 Å². The van der Waals surface area contributed by atoms with Gasteiger partial charge in [0.05, 0.1) is 32.0 Å². The van der Waals surface area contributed by atoms with E-state index in [0.29, 0.717) is 5.56 Å². The third-order valence-electron chi connectivity index (χ3n) is 13.1. The van der Waals surface area contributed by atoms with Gasteiger partial charge >= 0.3 is 5.97 Å². The van der Waals surface area contributed by atoms with Crippen LogP contribution in [0, 0.1) is 0 Å². The van der Waals surface area contributed by atoms with Gasteiger partial charge in [-0.25, -0.2) is 4.79 Å². The van der Waals surface area contributed by atoms with Crippen molar-refractivity contribution in [3.8, 4) is 45.8 Å². The van der Waals surface area contributed by atoms with Crippen LogP contribution in [0.2, 0.25) is 0 Å². The summed E-state index contributed by atoms with van der Waals surface area (Å²) in [6.45, 7) is 3.30. The van der Waals surface area contributed by atoms with Crippen molar-refractivity contribution in [3.63, 3.8) is 0 Å². The van der Waals surface area contributed by atoms with Gasteiger partial charge in [0.2, 0.25) is 23.8 Å². The van der Waals surface area contributed by atoms with E-state index in [4.69, 9.17) is 51.8 Å². The smallest absolute Gasteiger partial charge is 0.331 e. The van der Waals surface area contributed by atoms with Crippen LogP contribution in [0.25, 0.3) is 28.4 Å². The average Bonchev–Trinajstić information content (AvgIpc) is 3.38. The Bertz CT molecular complexity index is 2710. The fraction of sp³-hybridized carbons (Fsp3) is 0.510. The van der Waals surface area contributed by atoms with E-state index in [1.54, 1.807) is 0 Å². The SMILES string of the molecule is COc1cc(-c2oc3cc(O[C@@H]4O[C@@H](C)[C@H](O)[C@@H](O)[C@H]4O)cc(O)c3c(=O)c2O[C@@H]2O[C@H](CO[C@@H]3O[C@@H](C)[C@H](O)[C@@H](O)[C@H]3O)[C@H](OC(=O)/C=C/c3ccc(O)cc3)[C@H](O)[C@H]2O[C@@H]2O[C@@H](C)[C@H](O)[C@@H](O)[C@H]2O)ccc1O. The van der Waals surface area contributed by atoms with Crippen molar-refractivity contribution >= 4 is 23.0 Å². The Kier molecular flexibility index (Phi) is 16.9. The highest BCUT2D eigenvalue weighted by Gasteiger charge is 2.54. The predicted molar refractivity (Wildman–Crippen MR) is 249 cm³/mol. The molecule has 0 amide bonds. The highest BCUT2D eigenvalue weighted by atomic mass is 16.8. The lowest BCUT2D eigenvalue weighted by Gasteiger charge is -2.47. The molecule has 0 aliphatic carbocycles. The van der Waals surface area contributed by atoms with Crippen LogP contribution < -0.4 is 19.6 Å². The standard InChI is InChI=1S/C49H58O26/c1-17-31(54)35(58)38(61)46(67-17)66-16-28-43(73-29(53)12-7-20-5-9-22(50)10-6-20)41(64)45(75-48-40(63)37(60)33(56)19(3)69-48)49(72-28)74-44-34(57)30-25(52)14-23(70-47-39(62)36(59)32(55)18(2)68-47)15-27(30)71-42(44)21-8-11-24(51)26(13-21)65-4/h5-15,17-19,28,31-33,35-41,43,45-52,54-56,58-64H,16H2,1-4H3/b12-7+/t17-,18-,19-,28+,31-,32-,33-,35+,36+,37+,38+,39+,40+,41-,43-,45+,46+,47-,48-,49-/m0/s1. The van der Waals surface area contributed by atoms with Crippen LogP contribution in [0.1, 0.15) is 26.3 Å². The highest BCUT2D eigenvalue weighted by molar-refractivity contribution is 5.89. The van der Waals surface area contributed by atoms with E-state index in [0.717, 1.165) is 24.3 Å². The van der Waals surface area contributed by atoms with E-state index in [-0.39, 0.29) is 28.6 Å². The van der Waals surface area contributed by atoms with E-state index in [2.05, 4.69) is 0 Å². The summed E-state index contributed by atoms with van der Waals surface area (Å²) in [5, 5.41) is 139. The summed E-state index contributed by atoms with van der Waals surface area (Å²) in [6.07, 6.45) is -32.1. The zero-order chi connectivity index (χ0) is 54.3. The van der Waals surface area contributed by atoms with Gasteiger partial charge in [-0.2, -0.15) is 0 Å². The third-order valence-corrected chi connectivity index (χ3v) is 13.1. The Balaban J connectivity index is 1.23. The molecule has 1 aromatic heterocycles. The molecule has 26 heteroatoms. The number of carbonyl (C=O) groups is 1. The zero-order valence-corrected chi connectivity index (χ0v) is 40.2. The van der Waals surface area contributed by atoms with Crippen LogP contribution in [0.15, 0.2) is 69.9 Å². The number of phenols is 3. The number of hydrogen-bond donors (Lipinski definition) is 13. The normalized spacial score (nSPS) is 36.3. The molecule has 20 atom stereocenters. The maximum atomic E-state index is 14.9. The fourth-order valence-corrected chi connectivity index (χ4v) is 8.76. The Hall–Kier alpha value is -5.76. The summed E-state index contributed by atoms with van der Waals surface area (Å²) in [5.74, 6) is -4.11. The summed E-state index contributed by atoms with van der Waals surface area (Å²) in [6, 6.07) is 11.3. The van der Waals surface area contributed by atoms with Crippen molar-refractivity contribution in [1.29, 1.82) is 0 Å². The topological polar surface area (TPSA) is 403 Å². The minimum atomic E-state index is -2.18. The number of aliphatic hydroxyl groups excluding tert-OH is 10. The molecule has 13 N–H and O–H groups in total. The van der Waals surface area contributed by atoms with Crippen LogP contribution in [-0.4, -0.2) is 209 Å². The molecule has 75 heavy (non-hydrogen) atoms. The van der Waals surface area contributed by atoms with Gasteiger partial charge in [0.25, 0.3) is 0 Å². The molecule has 4 saturated heterocycles. The molecule has 0 spiro atoms. The van der Waals surface area contributed by atoms with E-state index in [9.17, 15) is 76.0 Å². The molecule has 8 rings (SSSR count). The molecule has 4 fully saturated rings. The molecule has 0 unspecified atom stereocenters. The molecule has 5 heterocycles. The Morgan fingerprint density at radius 2 is 1.20 bits per heavy atom. The number of carbonyl (C=O) groups excluding carboxylic acids is 1. The van der Waals surface area contributed by atoms with Gasteiger partial charge in [0.15, 0.2) is 42.0 Å². The largest absolute Gasteiger partial charge is 0.508 e. The second kappa shape index (κ2) is 22.8. The summed E-state index contributed by atoms with van der Waals surface area (Å²) >= 11 is 0. The maximum absolute atomic E-state index is 14.9. The first-order valence-electron chi connectivity index (χ1n) is 23.5. The molecule has 0 radical (unpaired) electrons. The molecule has 0 saturated carbocycles. The number of phenolic OH excluding ortho intramolecular Hbond substituents is 3. The van der Waals surface area contributed by atoms with Gasteiger partial charge in [-0.05, 0) is 62.7 Å². The Morgan fingerprint density at radius 3 is 1.83 bits per heavy atom. The summed E-state index contributed by atoms with van der Waals surface area (Å²) in [4.78, 5) is 28.5. The quantitative estimate of drug-likeness (QED) is 0.0477. The number of fused-ring (bicyclic) bond motifs is 1. The minimum absolute atomic E-state index is 0.0577. The van der Waals surface area contributed by atoms with Crippen LogP contribution >= 0.6 is 0 Å². The van der Waals surface area contributed by atoms with Gasteiger partial charge in [0.1, 0.15) is 95.4 Å². The lowest BCUT2D eigenvalue weighted by atomic mass is 9.97. The van der Waals surface area contributed by atoms with Crippen molar-refractivity contribution in [2.24, 2.45) is 0 Å². The number of esters is 1. The molecular formula is C49H58O26. The first-order chi connectivity index (χ1) is 35.6. The van der Waals surface area contributed by atoms with Crippen molar-refractivity contribution in [3.05, 3.63) is 76.5 Å². The number of aliphatic hydroxyl groups is 10. The zero-order valence-electron chi connectivity index (χ0n) is 40.2. The van der Waals surface area contributed by atoms with Crippen molar-refractivity contribution in [1.82, 2.24) is 0 Å². The summed E-state index contributed by atoms with van der Waals surface area (Å²) < 4.78 is 64.5. The lowest BCUT2D eigenvalue weighted by molar-refractivity contribution is -0.360. The van der Waals surface area contributed by atoms with Gasteiger partial charge in [-0.15, -0.1) is 0 Å². The molecule has 0 bridgehead atoms. The molecule has 4 aliphatic rings. The molecule has 3 aromatic carbocycles. The number of benzene rings is 3. The van der Waals surface area contributed by atoms with Gasteiger partial charge in [-0.1, -0.05) is 12.1 Å². The van der Waals surface area contributed by atoms with E-state index >= 15 is 0 Å². The number of ether oxygens (including phenoxy) is 10. The van der Waals surface area contributed by atoms with Crippen molar-refractivity contribution < 1.29 is 123 Å². The van der Waals surface area contributed by atoms with E-state index in [1.807, 2.05) is 0 Å². The van der Waals surface area contributed by atoms with Crippen molar-refractivity contribution in [2.75, 3.05) is 13.7 Å². The molecule has 410 valence electrons. The number of methoxy groups -OCH3 is 1. The van der Waals surface area contributed by atoms with E-state index < -0.39 is 169 Å². The summed E-state index contributed by atoms with van der Waals surface area (Å²) in [5.41, 5.74) is -1.21. The Labute approximate surface area is 424 Å². The first kappa shape index (κ1) is 55.5. The molecule has 4 aromatic rings. The second-order valence-corrected chi connectivity index (χ2v) is 18.4. The molecule has 4 aliphatic heterocycles. The maximum Gasteiger partial charge on any atom is 0.331 e. The van der Waals surface area contributed by atoms with Crippen LogP contribution in [0.3, 0.4) is 0 Å². The fourth-order valence-electron chi connectivity index (χ4n) is 8.76. The minimum Gasteiger partial charge on any atom is -0.508 e. The van der Waals surface area contributed by atoms with Crippen LogP contribution in [0.5, 0.6) is 34.5 Å². The number of aromatic hydroxyl groups is 3. The predicted octanol–water partition coefficient (Wildman–Crippen LogP) is -2.06. The first-order valence-corrected chi connectivity index (χ1v) is 23.5. The lowest BCUT2D eigenvalue weighted by Crippen LogP contribution is -2.65. The highest BCUT2D eigenvalue weighted by Crippen LogP contribution is 2.42. The van der Waals surface area contributed by atoms with Crippen LogP contribution in [0.4, 0.5) is 0 Å². The Morgan fingerprint density at radius 1 is 0.613 bits per heavy atom. The monoisotopic (exact) mass is 1060 g/mol. The molecular weight excluding hydrogens is 1000 g/mol. The van der Waals surface area contributed by atoms with Crippen molar-refractivity contribution in [2.45, 2.75) is 144 Å². The number of rotatable bonds is 14. The average molecular weight is 1060 g/mol. The number of hydrogen-bond acceptors (Lipinski definition) is 26. The van der Waals surface area contributed by atoms with E-state index in [1.165, 1.54) is 70.4 Å². The second-order valence-electron chi connectivity index (χ2n) is 18.4.